The number of nitro benzene ring substituents is 1. The quantitative estimate of drug-likeness (QED) is 0.0922. The first-order chi connectivity index (χ1) is 30.7. The van der Waals surface area contributed by atoms with E-state index in [2.05, 4.69) is 4.72 Å². The molecule has 0 saturated heterocycles. The number of hydrogen-bond acceptors (Lipinski definition) is 12. The van der Waals surface area contributed by atoms with Crippen LogP contribution in [0.1, 0.15) is 90.3 Å². The van der Waals surface area contributed by atoms with Gasteiger partial charge < -0.3 is 9.80 Å². The zero-order valence-electron chi connectivity index (χ0n) is 38.9. The van der Waals surface area contributed by atoms with E-state index in [9.17, 15) is 36.5 Å². The number of nitrogens with one attached hydrogen (secondary N) is 2. The van der Waals surface area contributed by atoms with Gasteiger partial charge in [0.25, 0.3) is 37.5 Å². The van der Waals surface area contributed by atoms with E-state index >= 15 is 0 Å². The summed E-state index contributed by atoms with van der Waals surface area (Å²) in [4.78, 5) is 49.3. The van der Waals surface area contributed by atoms with Gasteiger partial charge >= 0.3 is 0 Å². The fourth-order valence-electron chi connectivity index (χ4n) is 6.72. The van der Waals surface area contributed by atoms with Gasteiger partial charge in [-0.25, -0.2) is 36.2 Å². The second-order valence-corrected chi connectivity index (χ2v) is 21.1. The number of sulfonamides is 2. The lowest BCUT2D eigenvalue weighted by atomic mass is 9.91. The van der Waals surface area contributed by atoms with Crippen molar-refractivity contribution in [3.8, 4) is 0 Å². The number of benzene rings is 4. The van der Waals surface area contributed by atoms with E-state index in [0.717, 1.165) is 45.5 Å². The molecule has 346 valence electrons. The first-order valence-corrected chi connectivity index (χ1v) is 23.7. The molecule has 0 radical (unpaired) electrons. The lowest BCUT2D eigenvalue weighted by Crippen LogP contribution is -2.32. The molecule has 2 N–H and O–H groups in total. The number of aryl methyl sites for hydroxylation is 3. The van der Waals surface area contributed by atoms with Gasteiger partial charge in [0.2, 0.25) is 0 Å². The first-order valence-electron chi connectivity index (χ1n) is 20.8. The van der Waals surface area contributed by atoms with Crippen LogP contribution in [-0.2, 0) is 30.9 Å². The number of carbonyl (C=O) groups excluding carboxylic acids is 2. The Balaban J connectivity index is 0.000000248. The molecule has 0 aliphatic carbocycles. The van der Waals surface area contributed by atoms with Crippen molar-refractivity contribution in [3.05, 3.63) is 171 Å². The monoisotopic (exact) mass is 933 g/mol. The van der Waals surface area contributed by atoms with Crippen molar-refractivity contribution in [3.63, 3.8) is 0 Å². The highest BCUT2D eigenvalue weighted by Gasteiger charge is 2.29. The molecule has 0 saturated carbocycles. The van der Waals surface area contributed by atoms with Crippen molar-refractivity contribution in [2.45, 2.75) is 82.9 Å². The van der Waals surface area contributed by atoms with Gasteiger partial charge in [0.1, 0.15) is 11.6 Å². The summed E-state index contributed by atoms with van der Waals surface area (Å²) < 4.78 is 55.6. The highest BCUT2D eigenvalue weighted by atomic mass is 32.2. The minimum absolute atomic E-state index is 0.0407. The number of carbonyl (C=O) groups is 2. The average molecular weight is 934 g/mol. The number of pyridine rings is 2. The molecular weight excluding hydrogens is 879 g/mol. The van der Waals surface area contributed by atoms with E-state index in [1.807, 2.05) is 121 Å². The molecule has 17 heteroatoms. The Morgan fingerprint density at radius 1 is 0.561 bits per heavy atom. The van der Waals surface area contributed by atoms with Gasteiger partial charge in [0.05, 0.1) is 25.8 Å². The summed E-state index contributed by atoms with van der Waals surface area (Å²) in [6.45, 7) is 17.8. The lowest BCUT2D eigenvalue weighted by molar-refractivity contribution is -0.385. The Kier molecular flexibility index (Phi) is 14.9. The SMILES string of the molecule is Cc1cccc(S(=O)(=O)NC(=O)c2ccc(C(C)(C)C)nc2N(C)c2ccccc2C)c1.Cc1ccccc1N(C)c1nc(C(C)(C)C)ccc1C(=O)NS(=O)(=O)c1cccc([N+](=O)[O-])c1. The van der Waals surface area contributed by atoms with Crippen LogP contribution in [0.25, 0.3) is 0 Å². The maximum Gasteiger partial charge on any atom is 0.270 e. The first kappa shape index (κ1) is 50.0. The highest BCUT2D eigenvalue weighted by Crippen LogP contribution is 2.33. The normalized spacial score (nSPS) is 11.7. The topological polar surface area (TPSA) is 202 Å². The minimum Gasteiger partial charge on any atom is -0.329 e. The molecule has 2 aromatic heterocycles. The molecule has 0 spiro atoms. The molecule has 6 rings (SSSR count). The van der Waals surface area contributed by atoms with Gasteiger partial charge in [0.15, 0.2) is 0 Å². The third-order valence-corrected chi connectivity index (χ3v) is 13.1. The summed E-state index contributed by atoms with van der Waals surface area (Å²) in [6, 6.07) is 32.9. The van der Waals surface area contributed by atoms with Crippen molar-refractivity contribution in [2.24, 2.45) is 0 Å². The van der Waals surface area contributed by atoms with Gasteiger partial charge in [-0.2, -0.15) is 0 Å². The molecule has 2 amide bonds. The summed E-state index contributed by atoms with van der Waals surface area (Å²) in [5.41, 5.74) is 5.22. The van der Waals surface area contributed by atoms with E-state index in [4.69, 9.17) is 9.97 Å². The number of anilines is 4. The van der Waals surface area contributed by atoms with Crippen molar-refractivity contribution in [2.75, 3.05) is 23.9 Å². The van der Waals surface area contributed by atoms with Crippen LogP contribution in [-0.4, -0.2) is 57.6 Å². The maximum atomic E-state index is 13.2. The van der Waals surface area contributed by atoms with Crippen LogP contribution in [0.15, 0.2) is 131 Å². The molecule has 0 atom stereocenters. The molecule has 0 fully saturated rings. The van der Waals surface area contributed by atoms with E-state index < -0.39 is 42.5 Å². The number of amides is 2. The number of rotatable bonds is 11. The fraction of sp³-hybridized carbons (Fsp3) is 0.265. The van der Waals surface area contributed by atoms with Gasteiger partial charge in [-0.1, -0.05) is 96.1 Å². The average Bonchev–Trinajstić information content (AvgIpc) is 3.25. The Hall–Kier alpha value is -6.98. The lowest BCUT2D eigenvalue weighted by Gasteiger charge is -2.26. The minimum atomic E-state index is -4.37. The van der Waals surface area contributed by atoms with E-state index in [1.165, 1.54) is 36.4 Å². The van der Waals surface area contributed by atoms with Gasteiger partial charge in [-0.15, -0.1) is 0 Å². The Morgan fingerprint density at radius 3 is 1.33 bits per heavy atom. The standard InChI is InChI=1S/C25H29N3O3S.C24H26N4O5S/c1-17-10-9-12-19(16-17)32(30,31)27-24(29)20-14-15-22(25(3,4)5)26-23(20)28(6)21-13-8-7-11-18(21)2;1-16-9-6-7-12-20(16)27(5)22-19(13-14-21(25-22)24(2,3)4)23(29)26-34(32,33)18-11-8-10-17(15-18)28(30)31/h7-16H,1-6H3,(H,27,29);6-15H,1-5H3,(H,26,29). The Bertz CT molecular complexity index is 3030. The van der Waals surface area contributed by atoms with E-state index in [-0.39, 0.29) is 37.6 Å². The predicted molar refractivity (Wildman–Crippen MR) is 258 cm³/mol. The fourth-order valence-corrected chi connectivity index (χ4v) is 8.80. The van der Waals surface area contributed by atoms with Crippen LogP contribution >= 0.6 is 0 Å². The molecule has 0 unspecified atom stereocenters. The van der Waals surface area contributed by atoms with Crippen molar-refractivity contribution in [1.82, 2.24) is 19.4 Å². The second-order valence-electron chi connectivity index (χ2n) is 17.8. The van der Waals surface area contributed by atoms with Gasteiger partial charge in [-0.05, 0) is 92.1 Å². The van der Waals surface area contributed by atoms with Crippen molar-refractivity contribution in [1.29, 1.82) is 0 Å². The molecule has 0 aliphatic rings. The summed E-state index contributed by atoms with van der Waals surface area (Å²) >= 11 is 0. The second kappa shape index (κ2) is 19.6. The van der Waals surface area contributed by atoms with E-state index in [0.29, 0.717) is 5.82 Å². The maximum absolute atomic E-state index is 13.2. The van der Waals surface area contributed by atoms with Crippen LogP contribution in [0.3, 0.4) is 0 Å². The van der Waals surface area contributed by atoms with Crippen LogP contribution in [0.5, 0.6) is 0 Å². The summed E-state index contributed by atoms with van der Waals surface area (Å²) in [5.74, 6) is -0.943. The molecule has 15 nitrogen and oxygen atoms in total. The number of nitro groups is 1. The zero-order valence-corrected chi connectivity index (χ0v) is 40.5. The predicted octanol–water partition coefficient (Wildman–Crippen LogP) is 9.36. The summed E-state index contributed by atoms with van der Waals surface area (Å²) in [7, 11) is -4.82. The molecule has 4 aromatic carbocycles. The van der Waals surface area contributed by atoms with Crippen LogP contribution in [0, 0.1) is 30.9 Å². The van der Waals surface area contributed by atoms with Gasteiger partial charge in [0, 0.05) is 59.8 Å². The van der Waals surface area contributed by atoms with Gasteiger partial charge in [-0.3, -0.25) is 19.7 Å². The Labute approximate surface area is 387 Å². The number of nitrogens with zero attached hydrogens (tertiary/aromatic N) is 5. The van der Waals surface area contributed by atoms with Crippen LogP contribution in [0.4, 0.5) is 28.7 Å². The molecule has 0 bridgehead atoms. The number of hydrogen-bond donors (Lipinski definition) is 2. The summed E-state index contributed by atoms with van der Waals surface area (Å²) in [6.07, 6.45) is 0. The number of para-hydroxylation sites is 2. The molecule has 66 heavy (non-hydrogen) atoms. The highest BCUT2D eigenvalue weighted by molar-refractivity contribution is 7.90. The Morgan fingerprint density at radius 2 is 0.955 bits per heavy atom. The van der Waals surface area contributed by atoms with Crippen molar-refractivity contribution < 1.29 is 31.3 Å². The molecule has 6 aromatic rings. The zero-order chi connectivity index (χ0) is 48.9. The van der Waals surface area contributed by atoms with Crippen molar-refractivity contribution >= 4 is 60.6 Å². The smallest absolute Gasteiger partial charge is 0.270 e. The van der Waals surface area contributed by atoms with Crippen LogP contribution < -0.4 is 19.2 Å². The number of non-ortho nitro benzene ring substituents is 1. The summed E-state index contributed by atoms with van der Waals surface area (Å²) in [5, 5.41) is 11.0. The molecule has 0 aliphatic heterocycles. The van der Waals surface area contributed by atoms with E-state index in [1.54, 1.807) is 49.2 Å². The molecular formula is C49H55N7O8S2. The van der Waals surface area contributed by atoms with Crippen LogP contribution in [0.2, 0.25) is 0 Å². The molecule has 2 heterocycles. The third-order valence-electron chi connectivity index (χ3n) is 10.5. The largest absolute Gasteiger partial charge is 0.329 e. The third kappa shape index (κ3) is 11.8. The number of aromatic nitrogens is 2.